The number of benzene rings is 1. The van der Waals surface area contributed by atoms with Crippen LogP contribution in [-0.2, 0) is 0 Å². The Balaban J connectivity index is 1.60. The molecule has 0 aromatic heterocycles. The van der Waals surface area contributed by atoms with Crippen LogP contribution in [0.1, 0.15) is 43.4 Å². The van der Waals surface area contributed by atoms with Crippen molar-refractivity contribution in [3.8, 4) is 0 Å². The van der Waals surface area contributed by atoms with Crippen molar-refractivity contribution in [3.05, 3.63) is 35.4 Å². The SMILES string of the molecule is CCN(C)C[C@@H]1CCN(C(=O)N[C@@H](c2ccccc2C)C2CC2)C1. The highest BCUT2D eigenvalue weighted by molar-refractivity contribution is 5.75. The highest BCUT2D eigenvalue weighted by atomic mass is 16.2. The number of carbonyl (C=O) groups is 1. The predicted octanol–water partition coefficient (Wildman–Crippen LogP) is 3.43. The van der Waals surface area contributed by atoms with Gasteiger partial charge in [-0.15, -0.1) is 0 Å². The van der Waals surface area contributed by atoms with Gasteiger partial charge in [-0.2, -0.15) is 0 Å². The van der Waals surface area contributed by atoms with Crippen LogP contribution in [0, 0.1) is 18.8 Å². The van der Waals surface area contributed by atoms with Gasteiger partial charge in [0.15, 0.2) is 0 Å². The minimum absolute atomic E-state index is 0.122. The fourth-order valence-electron chi connectivity index (χ4n) is 3.78. The fourth-order valence-corrected chi connectivity index (χ4v) is 3.78. The van der Waals surface area contributed by atoms with Crippen LogP contribution in [0.15, 0.2) is 24.3 Å². The van der Waals surface area contributed by atoms with E-state index < -0.39 is 0 Å². The van der Waals surface area contributed by atoms with Crippen molar-refractivity contribution in [2.75, 3.05) is 33.2 Å². The van der Waals surface area contributed by atoms with Gasteiger partial charge < -0.3 is 15.1 Å². The molecule has 4 heteroatoms. The van der Waals surface area contributed by atoms with Gasteiger partial charge in [0, 0.05) is 19.6 Å². The molecule has 0 bridgehead atoms. The summed E-state index contributed by atoms with van der Waals surface area (Å²) in [5.74, 6) is 1.22. The van der Waals surface area contributed by atoms with Crippen LogP contribution in [-0.4, -0.2) is 49.1 Å². The van der Waals surface area contributed by atoms with Crippen molar-refractivity contribution in [3.63, 3.8) is 0 Å². The Morgan fingerprint density at radius 3 is 2.75 bits per heavy atom. The molecule has 0 unspecified atom stereocenters. The number of rotatable bonds is 6. The Kier molecular flexibility index (Phi) is 5.44. The topological polar surface area (TPSA) is 35.6 Å². The molecule has 132 valence electrons. The highest BCUT2D eigenvalue weighted by Crippen LogP contribution is 2.42. The van der Waals surface area contributed by atoms with E-state index in [0.717, 1.165) is 32.6 Å². The molecule has 2 atom stereocenters. The minimum Gasteiger partial charge on any atom is -0.331 e. The molecule has 2 fully saturated rings. The first-order valence-electron chi connectivity index (χ1n) is 9.38. The van der Waals surface area contributed by atoms with E-state index in [4.69, 9.17) is 0 Å². The Morgan fingerprint density at radius 1 is 1.33 bits per heavy atom. The smallest absolute Gasteiger partial charge is 0.317 e. The molecule has 3 rings (SSSR count). The first kappa shape index (κ1) is 17.3. The van der Waals surface area contributed by atoms with Crippen molar-refractivity contribution in [1.29, 1.82) is 0 Å². The van der Waals surface area contributed by atoms with Crippen LogP contribution < -0.4 is 5.32 Å². The lowest BCUT2D eigenvalue weighted by atomic mass is 9.98. The Hall–Kier alpha value is -1.55. The van der Waals surface area contributed by atoms with E-state index in [1.807, 2.05) is 4.90 Å². The van der Waals surface area contributed by atoms with Gasteiger partial charge in [0.2, 0.25) is 0 Å². The van der Waals surface area contributed by atoms with E-state index in [0.29, 0.717) is 11.8 Å². The van der Waals surface area contributed by atoms with E-state index in [-0.39, 0.29) is 12.1 Å². The van der Waals surface area contributed by atoms with Gasteiger partial charge in [-0.3, -0.25) is 0 Å². The number of nitrogens with zero attached hydrogens (tertiary/aromatic N) is 2. The van der Waals surface area contributed by atoms with Gasteiger partial charge in [0.05, 0.1) is 6.04 Å². The summed E-state index contributed by atoms with van der Waals surface area (Å²) >= 11 is 0. The first-order chi connectivity index (χ1) is 11.6. The summed E-state index contributed by atoms with van der Waals surface area (Å²) < 4.78 is 0. The molecular weight excluding hydrogens is 298 g/mol. The summed E-state index contributed by atoms with van der Waals surface area (Å²) in [4.78, 5) is 17.1. The second-order valence-electron chi connectivity index (χ2n) is 7.58. The third-order valence-corrected chi connectivity index (χ3v) is 5.58. The zero-order valence-electron chi connectivity index (χ0n) is 15.3. The van der Waals surface area contributed by atoms with Crippen molar-refractivity contribution in [2.24, 2.45) is 11.8 Å². The van der Waals surface area contributed by atoms with E-state index in [1.165, 1.54) is 24.0 Å². The fraction of sp³-hybridized carbons (Fsp3) is 0.650. The molecule has 2 aliphatic rings. The van der Waals surface area contributed by atoms with Gasteiger partial charge >= 0.3 is 6.03 Å². The summed E-state index contributed by atoms with van der Waals surface area (Å²) in [6.45, 7) is 8.26. The molecule has 1 aliphatic heterocycles. The molecule has 24 heavy (non-hydrogen) atoms. The maximum atomic E-state index is 12.8. The molecule has 1 N–H and O–H groups in total. The lowest BCUT2D eigenvalue weighted by Crippen LogP contribution is -2.41. The normalized spacial score (nSPS) is 22.0. The molecule has 4 nitrogen and oxygen atoms in total. The number of likely N-dealkylation sites (tertiary alicyclic amines) is 1. The Labute approximate surface area is 146 Å². The quantitative estimate of drug-likeness (QED) is 0.868. The lowest BCUT2D eigenvalue weighted by molar-refractivity contribution is 0.199. The summed E-state index contributed by atoms with van der Waals surface area (Å²) in [6, 6.07) is 8.76. The van der Waals surface area contributed by atoms with Gasteiger partial charge in [-0.1, -0.05) is 31.2 Å². The summed E-state index contributed by atoms with van der Waals surface area (Å²) in [6.07, 6.45) is 3.57. The van der Waals surface area contributed by atoms with Crippen molar-refractivity contribution >= 4 is 6.03 Å². The maximum absolute atomic E-state index is 12.8. The third-order valence-electron chi connectivity index (χ3n) is 5.58. The van der Waals surface area contributed by atoms with Crippen LogP contribution in [0.25, 0.3) is 0 Å². The average Bonchev–Trinajstić information content (AvgIpc) is 3.32. The molecule has 1 saturated heterocycles. The summed E-state index contributed by atoms with van der Waals surface area (Å²) in [5, 5.41) is 3.34. The molecule has 1 saturated carbocycles. The van der Waals surface area contributed by atoms with Gasteiger partial charge in [0.25, 0.3) is 0 Å². The molecule has 1 aliphatic carbocycles. The van der Waals surface area contributed by atoms with Crippen LogP contribution in [0.3, 0.4) is 0 Å². The average molecular weight is 329 g/mol. The van der Waals surface area contributed by atoms with Crippen LogP contribution >= 0.6 is 0 Å². The van der Waals surface area contributed by atoms with Crippen molar-refractivity contribution in [1.82, 2.24) is 15.1 Å². The summed E-state index contributed by atoms with van der Waals surface area (Å²) in [7, 11) is 2.16. The molecule has 2 amide bonds. The van der Waals surface area contributed by atoms with Gasteiger partial charge in [0.1, 0.15) is 0 Å². The van der Waals surface area contributed by atoms with E-state index in [1.54, 1.807) is 0 Å². The van der Waals surface area contributed by atoms with Crippen LogP contribution in [0.2, 0.25) is 0 Å². The largest absolute Gasteiger partial charge is 0.331 e. The van der Waals surface area contributed by atoms with Gasteiger partial charge in [-0.25, -0.2) is 4.79 Å². The maximum Gasteiger partial charge on any atom is 0.317 e. The lowest BCUT2D eigenvalue weighted by Gasteiger charge is -2.25. The predicted molar refractivity (Wildman–Crippen MR) is 98.0 cm³/mol. The number of hydrogen-bond acceptors (Lipinski definition) is 2. The molecule has 0 spiro atoms. The van der Waals surface area contributed by atoms with Crippen molar-refractivity contribution < 1.29 is 4.79 Å². The van der Waals surface area contributed by atoms with E-state index >= 15 is 0 Å². The number of urea groups is 1. The monoisotopic (exact) mass is 329 g/mol. The van der Waals surface area contributed by atoms with E-state index in [9.17, 15) is 4.79 Å². The van der Waals surface area contributed by atoms with Gasteiger partial charge in [-0.05, 0) is 62.7 Å². The first-order valence-corrected chi connectivity index (χ1v) is 9.38. The van der Waals surface area contributed by atoms with Crippen molar-refractivity contribution in [2.45, 2.75) is 39.2 Å². The zero-order valence-corrected chi connectivity index (χ0v) is 15.3. The Morgan fingerprint density at radius 2 is 2.08 bits per heavy atom. The second-order valence-corrected chi connectivity index (χ2v) is 7.58. The second kappa shape index (κ2) is 7.56. The third kappa shape index (κ3) is 4.10. The van der Waals surface area contributed by atoms with Crippen LogP contribution in [0.4, 0.5) is 4.79 Å². The van der Waals surface area contributed by atoms with Crippen LogP contribution in [0.5, 0.6) is 0 Å². The molecule has 1 heterocycles. The molecular formula is C20H31N3O. The Bertz CT molecular complexity index is 570. The molecule has 0 radical (unpaired) electrons. The summed E-state index contributed by atoms with van der Waals surface area (Å²) in [5.41, 5.74) is 2.56. The molecule has 1 aromatic rings. The minimum atomic E-state index is 0.122. The zero-order chi connectivity index (χ0) is 17.1. The number of nitrogens with one attached hydrogen (secondary N) is 1. The number of hydrogen-bond donors (Lipinski definition) is 1. The standard InChI is InChI=1S/C20H31N3O/c1-4-22(3)13-16-11-12-23(14-16)20(24)21-19(17-9-10-17)18-8-6-5-7-15(18)2/h5-8,16-17,19H,4,9-14H2,1-3H3,(H,21,24)/t16-,19+/m0/s1. The number of carbonyl (C=O) groups excluding carboxylic acids is 1. The van der Waals surface area contributed by atoms with E-state index in [2.05, 4.69) is 55.4 Å². The number of amides is 2. The molecule has 1 aromatic carbocycles. The highest BCUT2D eigenvalue weighted by Gasteiger charge is 2.36. The number of aryl methyl sites for hydroxylation is 1.